The molecule has 4 aliphatic heterocycles. The van der Waals surface area contributed by atoms with Gasteiger partial charge in [-0.1, -0.05) is 282 Å². The Morgan fingerprint density at radius 1 is 0.525 bits per heavy atom. The van der Waals surface area contributed by atoms with Crippen LogP contribution in [-0.4, -0.2) is 29.6 Å². The Labute approximate surface area is 746 Å². The molecule has 0 fully saturated rings. The summed E-state index contributed by atoms with van der Waals surface area (Å²) in [6.07, 6.45) is 9.47. The van der Waals surface area contributed by atoms with Crippen LogP contribution in [0.4, 0.5) is 0 Å². The van der Waals surface area contributed by atoms with Gasteiger partial charge in [0, 0.05) is 83.1 Å². The summed E-state index contributed by atoms with van der Waals surface area (Å²) in [5.74, 6) is 3.78. The molecule has 10 nitrogen and oxygen atoms in total. The van der Waals surface area contributed by atoms with Gasteiger partial charge in [-0.25, -0.2) is 18.3 Å². The van der Waals surface area contributed by atoms with Crippen molar-refractivity contribution in [3.8, 4) is 90.4 Å². The van der Waals surface area contributed by atoms with Gasteiger partial charge in [0.15, 0.2) is 35.2 Å². The predicted octanol–water partition coefficient (Wildman–Crippen LogP) is 25.8. The predicted molar refractivity (Wildman–Crippen MR) is 506 cm³/mol. The molecule has 0 amide bonds. The molecule has 1 radical (unpaired) electrons. The average molecular weight is 1790 g/mol. The fourth-order valence-corrected chi connectivity index (χ4v) is 17.6. The maximum absolute atomic E-state index is 10.0. The first-order valence-corrected chi connectivity index (χ1v) is 39.0. The normalized spacial score (nSPS) is 12.9. The second kappa shape index (κ2) is 37.5. The molecule has 1 N–H and O–H groups in total. The third-order valence-electron chi connectivity index (χ3n) is 22.7. The zero-order chi connectivity index (χ0) is 85.6. The molecule has 0 bridgehead atoms. The van der Waals surface area contributed by atoms with E-state index in [4.69, 9.17) is 16.1 Å². The zero-order valence-corrected chi connectivity index (χ0v) is 68.2. The second-order valence-electron chi connectivity index (χ2n) is 30.5. The largest absolute Gasteiger partial charge is 0.512 e. The summed E-state index contributed by atoms with van der Waals surface area (Å²) in [7, 11) is 2.20. The molecule has 0 spiro atoms. The van der Waals surface area contributed by atoms with Crippen LogP contribution in [0.1, 0.15) is 133 Å². The maximum atomic E-state index is 10.0. The number of aliphatic hydroxyl groups excluding tert-OH is 1. The second-order valence-corrected chi connectivity index (χ2v) is 30.5. The first-order valence-electron chi connectivity index (χ1n) is 43.0. The molecule has 23 rings (SSSR count). The summed E-state index contributed by atoms with van der Waals surface area (Å²) in [4.78, 5) is 14.6. The van der Waals surface area contributed by atoms with Crippen LogP contribution in [-0.2, 0) is 63.5 Å². The molecule has 122 heavy (non-hydrogen) atoms. The van der Waals surface area contributed by atoms with Crippen molar-refractivity contribution in [2.75, 3.05) is 0 Å². The summed E-state index contributed by atoms with van der Waals surface area (Å²) in [6.45, 7) is 16.8. The van der Waals surface area contributed by atoms with E-state index in [-0.39, 0.29) is 136 Å². The van der Waals surface area contributed by atoms with E-state index < -0.39 is 12.1 Å². The van der Waals surface area contributed by atoms with Crippen LogP contribution in [0.5, 0.6) is 0 Å². The van der Waals surface area contributed by atoms with Crippen molar-refractivity contribution in [1.82, 2.24) is 18.7 Å². The topological polar surface area (TPSA) is 80.5 Å². The molecule has 0 saturated heterocycles. The Bertz CT molecular complexity index is 7320. The van der Waals surface area contributed by atoms with Crippen LogP contribution < -0.4 is 18.3 Å². The number of allylic oxidation sites excluding steroid dienone is 2. The Morgan fingerprint density at radius 2 is 1.10 bits per heavy atom. The smallest absolute Gasteiger partial charge is 0.295 e. The van der Waals surface area contributed by atoms with Gasteiger partial charge in [-0.05, 0) is 150 Å². The molecule has 615 valence electrons. The first kappa shape index (κ1) is 78.5. The van der Waals surface area contributed by atoms with Gasteiger partial charge >= 0.3 is 0 Å². The minimum Gasteiger partial charge on any atom is -0.512 e. The number of rotatable bonds is 5. The minimum atomic E-state index is -0.411. The van der Waals surface area contributed by atoms with Crippen molar-refractivity contribution >= 4 is 49.1 Å². The van der Waals surface area contributed by atoms with Crippen molar-refractivity contribution in [3.63, 3.8) is 0 Å². The summed E-state index contributed by atoms with van der Waals surface area (Å²) in [5.41, 5.74) is 27.9. The van der Waals surface area contributed by atoms with Gasteiger partial charge in [-0.3, -0.25) is 4.79 Å². The number of hydrogen-bond acceptors (Lipinski definition) is 3. The number of benzene rings is 13. The third kappa shape index (κ3) is 16.4. The summed E-state index contributed by atoms with van der Waals surface area (Å²) in [6, 6.07) is 94.4. The van der Waals surface area contributed by atoms with Gasteiger partial charge < -0.3 is 10.1 Å². The monoisotopic (exact) mass is 1790 g/mol. The molecule has 5 aromatic heterocycles. The molecular weight excluding hydrogens is 1670 g/mol. The molecule has 13 aromatic carbocycles. The van der Waals surface area contributed by atoms with Gasteiger partial charge in [-0.15, -0.1) is 35.4 Å². The number of carbonyl (C=O) groups excluding carboxylic acids is 1. The number of aryl methyl sites for hydroxylation is 3. The Hall–Kier alpha value is -13.3. The van der Waals surface area contributed by atoms with E-state index in [2.05, 4.69) is 353 Å². The molecule has 11 heteroatoms. The summed E-state index contributed by atoms with van der Waals surface area (Å²) >= 11 is 0. The van der Waals surface area contributed by atoms with E-state index in [1.54, 1.807) is 0 Å². The van der Waals surface area contributed by atoms with Crippen molar-refractivity contribution in [3.05, 3.63) is 402 Å². The number of pyridine rings is 2. The number of nitrogens with zero attached hydrogens (tertiary/aromatic N) is 8. The third-order valence-corrected chi connectivity index (χ3v) is 22.7. The van der Waals surface area contributed by atoms with Crippen LogP contribution in [0.2, 0.25) is 0 Å². The number of ketones is 1. The summed E-state index contributed by atoms with van der Waals surface area (Å²) < 4.78 is 78.1. The van der Waals surface area contributed by atoms with Gasteiger partial charge in [0.25, 0.3) is 17.5 Å². The van der Waals surface area contributed by atoms with Crippen LogP contribution in [0.15, 0.2) is 346 Å². The molecule has 9 heterocycles. The van der Waals surface area contributed by atoms with E-state index in [0.717, 1.165) is 30.9 Å². The van der Waals surface area contributed by atoms with E-state index in [1.807, 2.05) is 12.3 Å². The van der Waals surface area contributed by atoms with Crippen molar-refractivity contribution in [2.24, 2.45) is 7.05 Å². The van der Waals surface area contributed by atoms with Crippen LogP contribution in [0, 0.1) is 26.8 Å². The van der Waals surface area contributed by atoms with Crippen LogP contribution in [0.3, 0.4) is 0 Å². The molecule has 0 saturated carbocycles. The number of fused-ring (bicyclic) bond motifs is 18. The number of aromatic nitrogens is 8. The van der Waals surface area contributed by atoms with Gasteiger partial charge in [0.2, 0.25) is 5.69 Å². The van der Waals surface area contributed by atoms with Gasteiger partial charge in [0.05, 0.1) is 44.7 Å². The molecule has 18 aromatic rings. The Kier molecular flexibility index (Phi) is 24.2. The molecule has 0 unspecified atom stereocenters. The van der Waals surface area contributed by atoms with Crippen molar-refractivity contribution < 1.29 is 59.2 Å². The van der Waals surface area contributed by atoms with Crippen molar-refractivity contribution in [2.45, 2.75) is 125 Å². The SMILES string of the molecule is C.C.C.C.C.C.CC(=O)C=C(C)O.CC1(C)c2ccc[c-]c2-c2nccc3cccc1c23.Cc1cccc(-c2cccc3c2-c2n(C)c(-c4c(C)cccc4C)c[n+]2C3)c1.[2H]c1c([2H])c([2H])c2c(c1[2H])C[n+]1c([2H])c([2H])c([2H])c([2H])c1-2.[Ir].c1ccc2c(c1)C[n+]1c-2n(-c2cccc3ccccc23)c2ccccc21.c1ccc2c(c1)C[n+]1ccn(-c3cccc4ccccc34)c1-2. The van der Waals surface area contributed by atoms with E-state index in [9.17, 15) is 4.79 Å². The molecule has 0 atom stereocenters. The van der Waals surface area contributed by atoms with Crippen molar-refractivity contribution in [1.29, 1.82) is 0 Å². The quantitative estimate of drug-likeness (QED) is 0.0807. The van der Waals surface area contributed by atoms with Gasteiger partial charge in [0.1, 0.15) is 51.0 Å². The van der Waals surface area contributed by atoms with Crippen LogP contribution >= 0.6 is 0 Å². The number of para-hydroxylation sites is 2. The molecule has 5 aliphatic rings. The number of hydrogen-bond donors (Lipinski definition) is 1. The van der Waals surface area contributed by atoms with E-state index in [0.29, 0.717) is 5.56 Å². The Morgan fingerprint density at radius 3 is 1.82 bits per heavy atom. The number of aliphatic hydroxyl groups is 1. The molecule has 1 aliphatic carbocycles. The number of carbonyl (C=O) groups is 1. The maximum Gasteiger partial charge on any atom is 0.295 e. The minimum absolute atomic E-state index is 0. The Balaban J connectivity index is 0.000000153. The van der Waals surface area contributed by atoms with E-state index in [1.165, 1.54) is 180 Å². The van der Waals surface area contributed by atoms with Gasteiger partial charge in [-0.2, -0.15) is 13.7 Å². The zero-order valence-electron chi connectivity index (χ0n) is 73.8. The average Bonchev–Trinajstić information content (AvgIpc) is 1.51. The fourth-order valence-electron chi connectivity index (χ4n) is 17.6. The van der Waals surface area contributed by atoms with E-state index >= 15 is 0 Å². The standard InChI is InChI=1S/C26H25N2.C24H17N2.C20H15N2.C18H14N.C12H10N.C5H8O2.6CH4.Ir/c1-17-8-5-11-20(14-17)22-13-7-12-21-15-28-16-23(27(4)26(28)25(21)22)24-18(2)9-6-10-19(24)3;1-3-11-19-17(8-1)10-7-15-21(19)26-23-14-6-5-13-22(23)25-16-18-9-2-4-12-20(18)24(25)26;1-3-9-17-15(6-1)8-5-11-19(17)22-13-12-21-14-16-7-2-4-10-18(16)20(21)22;1-18(2)14-8-4-3-7-13(14)17-16-12(10-11-19-17)6-5-9-15(16)18;1-2-6-11-10(5-1)9-13-8-4-3-7-12(11)13;1-4(6)3-5(2)7;;;;;;;/h5-14,16H,15H2,1-4H3;1-15H,16H2;1-13H,14H2;3-6,8-11H,1-2H3;1-8H,9H2;3,6H,1-2H3;6*1H4;/q3*+1;-1;+1;;;;;;;;/i;;;;1D,2D,3D,4D,5D,6D,7D,8D;;;;;;;;. The number of imidazole rings is 3. The fraction of sp³-hybridized carbons (Fsp3) is 0.171. The molecular formula is C111H113IrN8O2+3. The first-order chi connectivity index (χ1) is 59.5. The van der Waals surface area contributed by atoms with Crippen LogP contribution in [0.25, 0.3) is 134 Å². The summed E-state index contributed by atoms with van der Waals surface area (Å²) in [5, 5.41) is 16.0.